The van der Waals surface area contributed by atoms with E-state index in [2.05, 4.69) is 10.6 Å². The molecule has 1 aromatic rings. The van der Waals surface area contributed by atoms with Crippen molar-refractivity contribution < 1.29 is 32.2 Å². The number of ether oxygens (including phenoxy) is 2. The maximum Gasteiger partial charge on any atom is 0.249 e. The van der Waals surface area contributed by atoms with Crippen molar-refractivity contribution in [3.8, 4) is 0 Å². The van der Waals surface area contributed by atoms with Crippen LogP contribution in [0.5, 0.6) is 0 Å². The van der Waals surface area contributed by atoms with Gasteiger partial charge in [-0.1, -0.05) is 0 Å². The van der Waals surface area contributed by atoms with E-state index in [0.29, 0.717) is 12.7 Å². The normalized spacial score (nSPS) is 18.2. The molecule has 2 rings (SSSR count). The summed E-state index contributed by atoms with van der Waals surface area (Å²) in [6, 6.07) is 1.58. The van der Waals surface area contributed by atoms with Crippen LogP contribution in [0.4, 0.5) is 18.9 Å². The van der Waals surface area contributed by atoms with E-state index in [0.717, 1.165) is 25.3 Å². The van der Waals surface area contributed by atoms with Gasteiger partial charge in [0.25, 0.3) is 0 Å². The molecule has 2 amide bonds. The van der Waals surface area contributed by atoms with E-state index in [9.17, 15) is 22.8 Å². The first-order valence-corrected chi connectivity index (χ1v) is 8.32. The molecule has 1 heterocycles. The molecule has 0 radical (unpaired) electrons. The molecule has 0 aromatic heterocycles. The fraction of sp³-hybridized carbons (Fsp3) is 0.529. The standard InChI is InChI=1S/C17H21F3N2O4/c1-10(26-9-11-4-2-3-7-25-11)17(24)21-8-14(23)22-13-6-5-12(18)15(19)16(13)20/h5-6,10-11H,2-4,7-9H2,1H3,(H,21,24)(H,22,23). The molecule has 26 heavy (non-hydrogen) atoms. The van der Waals surface area contributed by atoms with E-state index < -0.39 is 47.6 Å². The van der Waals surface area contributed by atoms with Gasteiger partial charge in [0.2, 0.25) is 11.8 Å². The second-order valence-corrected chi connectivity index (χ2v) is 5.95. The Labute approximate surface area is 149 Å². The number of hydrogen-bond donors (Lipinski definition) is 2. The van der Waals surface area contributed by atoms with Crippen molar-refractivity contribution in [3.63, 3.8) is 0 Å². The number of amides is 2. The van der Waals surface area contributed by atoms with Crippen molar-refractivity contribution in [2.45, 2.75) is 38.4 Å². The van der Waals surface area contributed by atoms with Gasteiger partial charge in [-0.15, -0.1) is 0 Å². The van der Waals surface area contributed by atoms with Crippen LogP contribution >= 0.6 is 0 Å². The molecule has 2 unspecified atom stereocenters. The monoisotopic (exact) mass is 374 g/mol. The molecule has 0 bridgehead atoms. The number of hydrogen-bond acceptors (Lipinski definition) is 4. The molecule has 1 saturated heterocycles. The van der Waals surface area contributed by atoms with E-state index in [4.69, 9.17) is 9.47 Å². The van der Waals surface area contributed by atoms with Crippen LogP contribution < -0.4 is 10.6 Å². The summed E-state index contributed by atoms with van der Waals surface area (Å²) < 4.78 is 50.3. The van der Waals surface area contributed by atoms with Crippen molar-refractivity contribution in [2.75, 3.05) is 25.1 Å². The molecule has 1 aliphatic heterocycles. The smallest absolute Gasteiger partial charge is 0.249 e. The van der Waals surface area contributed by atoms with Gasteiger partial charge in [-0.25, -0.2) is 13.2 Å². The predicted octanol–water partition coefficient (Wildman–Crippen LogP) is 2.13. The molecule has 2 atom stereocenters. The Morgan fingerprint density at radius 1 is 1.27 bits per heavy atom. The highest BCUT2D eigenvalue weighted by molar-refractivity contribution is 5.95. The molecule has 1 aromatic carbocycles. The van der Waals surface area contributed by atoms with Gasteiger partial charge in [-0.3, -0.25) is 9.59 Å². The van der Waals surface area contributed by atoms with Gasteiger partial charge in [0.15, 0.2) is 17.5 Å². The molecule has 0 saturated carbocycles. The molecule has 1 fully saturated rings. The number of benzene rings is 1. The van der Waals surface area contributed by atoms with Crippen molar-refractivity contribution in [1.82, 2.24) is 5.32 Å². The van der Waals surface area contributed by atoms with Crippen LogP contribution in [0.25, 0.3) is 0 Å². The summed E-state index contributed by atoms with van der Waals surface area (Å²) in [4.78, 5) is 23.6. The zero-order chi connectivity index (χ0) is 19.1. The summed E-state index contributed by atoms with van der Waals surface area (Å²) in [7, 11) is 0. The van der Waals surface area contributed by atoms with E-state index >= 15 is 0 Å². The summed E-state index contributed by atoms with van der Waals surface area (Å²) in [5.41, 5.74) is -0.512. The lowest BCUT2D eigenvalue weighted by molar-refractivity contribution is -0.136. The minimum Gasteiger partial charge on any atom is -0.376 e. The van der Waals surface area contributed by atoms with Crippen LogP contribution in [-0.2, 0) is 19.1 Å². The number of rotatable bonds is 7. The lowest BCUT2D eigenvalue weighted by Crippen LogP contribution is -2.40. The Bertz CT molecular complexity index is 651. The first-order valence-electron chi connectivity index (χ1n) is 8.32. The van der Waals surface area contributed by atoms with E-state index in [1.165, 1.54) is 6.92 Å². The molecule has 0 aliphatic carbocycles. The topological polar surface area (TPSA) is 76.7 Å². The van der Waals surface area contributed by atoms with Gasteiger partial charge in [-0.05, 0) is 38.3 Å². The van der Waals surface area contributed by atoms with Crippen molar-refractivity contribution in [3.05, 3.63) is 29.6 Å². The second-order valence-electron chi connectivity index (χ2n) is 5.95. The molecule has 144 valence electrons. The molecular weight excluding hydrogens is 353 g/mol. The van der Waals surface area contributed by atoms with Gasteiger partial charge >= 0.3 is 0 Å². The molecular formula is C17H21F3N2O4. The lowest BCUT2D eigenvalue weighted by atomic mass is 10.1. The van der Waals surface area contributed by atoms with Crippen molar-refractivity contribution in [1.29, 1.82) is 0 Å². The van der Waals surface area contributed by atoms with Gasteiger partial charge < -0.3 is 20.1 Å². The largest absolute Gasteiger partial charge is 0.376 e. The fourth-order valence-corrected chi connectivity index (χ4v) is 2.39. The highest BCUT2D eigenvalue weighted by Crippen LogP contribution is 2.19. The van der Waals surface area contributed by atoms with Crippen LogP contribution in [0, 0.1) is 17.5 Å². The van der Waals surface area contributed by atoms with Gasteiger partial charge in [0, 0.05) is 6.61 Å². The van der Waals surface area contributed by atoms with Gasteiger partial charge in [0.05, 0.1) is 24.9 Å². The summed E-state index contributed by atoms with van der Waals surface area (Å²) >= 11 is 0. The average Bonchev–Trinajstić information content (AvgIpc) is 2.65. The maximum atomic E-state index is 13.5. The first-order chi connectivity index (χ1) is 12.4. The Balaban J connectivity index is 1.74. The van der Waals surface area contributed by atoms with Crippen LogP contribution in [0.3, 0.4) is 0 Å². The minimum atomic E-state index is -1.68. The Kier molecular flexibility index (Phi) is 7.40. The quantitative estimate of drug-likeness (QED) is 0.717. The second kappa shape index (κ2) is 9.54. The summed E-state index contributed by atoms with van der Waals surface area (Å²) in [5.74, 6) is -5.86. The maximum absolute atomic E-state index is 13.5. The third-order valence-electron chi connectivity index (χ3n) is 3.91. The summed E-state index contributed by atoms with van der Waals surface area (Å²) in [6.07, 6.45) is 2.10. The highest BCUT2D eigenvalue weighted by atomic mass is 19.2. The van der Waals surface area contributed by atoms with Gasteiger partial charge in [0.1, 0.15) is 6.10 Å². The zero-order valence-corrected chi connectivity index (χ0v) is 14.3. The molecule has 0 spiro atoms. The Hall–Kier alpha value is -2.13. The number of carbonyl (C=O) groups excluding carboxylic acids is 2. The highest BCUT2D eigenvalue weighted by Gasteiger charge is 2.20. The molecule has 2 N–H and O–H groups in total. The summed E-state index contributed by atoms with van der Waals surface area (Å²) in [6.45, 7) is 2.02. The van der Waals surface area contributed by atoms with E-state index in [-0.39, 0.29) is 12.7 Å². The van der Waals surface area contributed by atoms with E-state index in [1.54, 1.807) is 0 Å². The van der Waals surface area contributed by atoms with Gasteiger partial charge in [-0.2, -0.15) is 0 Å². The van der Waals surface area contributed by atoms with E-state index in [1.807, 2.05) is 0 Å². The van der Waals surface area contributed by atoms with Crippen molar-refractivity contribution in [2.24, 2.45) is 0 Å². The molecule has 1 aliphatic rings. The number of nitrogens with one attached hydrogen (secondary N) is 2. The first kappa shape index (κ1) is 20.2. The molecule has 9 heteroatoms. The number of carbonyl (C=O) groups is 2. The minimum absolute atomic E-state index is 0.0429. The third kappa shape index (κ3) is 5.70. The van der Waals surface area contributed by atoms with Crippen LogP contribution in [-0.4, -0.2) is 43.8 Å². The van der Waals surface area contributed by atoms with Crippen molar-refractivity contribution >= 4 is 17.5 Å². The molecule has 6 nitrogen and oxygen atoms in total. The van der Waals surface area contributed by atoms with Crippen LogP contribution in [0.15, 0.2) is 12.1 Å². The van der Waals surface area contributed by atoms with Crippen LogP contribution in [0.1, 0.15) is 26.2 Å². The van der Waals surface area contributed by atoms with Crippen LogP contribution in [0.2, 0.25) is 0 Å². The fourth-order valence-electron chi connectivity index (χ4n) is 2.39. The number of halogens is 3. The third-order valence-corrected chi connectivity index (χ3v) is 3.91. The SMILES string of the molecule is CC(OCC1CCCCO1)C(=O)NCC(=O)Nc1ccc(F)c(F)c1F. The Morgan fingerprint density at radius 2 is 2.04 bits per heavy atom. The lowest BCUT2D eigenvalue weighted by Gasteiger charge is -2.23. The zero-order valence-electron chi connectivity index (χ0n) is 14.3. The number of anilines is 1. The summed E-state index contributed by atoms with van der Waals surface area (Å²) in [5, 5.41) is 4.39. The predicted molar refractivity (Wildman–Crippen MR) is 87.0 cm³/mol. The Morgan fingerprint density at radius 3 is 2.73 bits per heavy atom. The average molecular weight is 374 g/mol.